The molecule has 115 valence electrons. The molecule has 23 heavy (non-hydrogen) atoms. The Morgan fingerprint density at radius 2 is 1.22 bits per heavy atom. The Balaban J connectivity index is 2.34. The van der Waals surface area contributed by atoms with Crippen LogP contribution in [-0.4, -0.2) is 7.11 Å². The molecule has 3 aromatic carbocycles. The van der Waals surface area contributed by atoms with Crippen molar-refractivity contribution in [2.45, 2.75) is 11.8 Å². The summed E-state index contributed by atoms with van der Waals surface area (Å²) in [6.45, 7) is 4.31. The highest BCUT2D eigenvalue weighted by Crippen LogP contribution is 2.45. The maximum Gasteiger partial charge on any atom is 0.123 e. The second-order valence-electron chi connectivity index (χ2n) is 5.59. The minimum absolute atomic E-state index is 0.324. The summed E-state index contributed by atoms with van der Waals surface area (Å²) >= 11 is 0. The SMILES string of the molecule is [CH2]CC(c1ccccc1)(c1ccccc1)c1ccccc1OC. The Morgan fingerprint density at radius 1 is 0.739 bits per heavy atom. The lowest BCUT2D eigenvalue weighted by Crippen LogP contribution is -2.29. The van der Waals surface area contributed by atoms with E-state index in [-0.39, 0.29) is 5.41 Å². The van der Waals surface area contributed by atoms with Gasteiger partial charge in [-0.1, -0.05) is 85.8 Å². The van der Waals surface area contributed by atoms with Crippen molar-refractivity contribution >= 4 is 0 Å². The zero-order valence-corrected chi connectivity index (χ0v) is 13.4. The smallest absolute Gasteiger partial charge is 0.123 e. The molecule has 0 saturated carbocycles. The number of methoxy groups -OCH3 is 1. The van der Waals surface area contributed by atoms with Gasteiger partial charge in [0.15, 0.2) is 0 Å². The van der Waals surface area contributed by atoms with Gasteiger partial charge in [0.2, 0.25) is 0 Å². The molecule has 0 spiro atoms. The average Bonchev–Trinajstić information content (AvgIpc) is 2.65. The highest BCUT2D eigenvalue weighted by atomic mass is 16.5. The first-order chi connectivity index (χ1) is 11.3. The number of rotatable bonds is 5. The molecule has 0 amide bonds. The molecule has 0 N–H and O–H groups in total. The lowest BCUT2D eigenvalue weighted by Gasteiger charge is -2.36. The van der Waals surface area contributed by atoms with E-state index in [0.29, 0.717) is 6.42 Å². The van der Waals surface area contributed by atoms with Crippen molar-refractivity contribution in [3.05, 3.63) is 109 Å². The maximum atomic E-state index is 5.67. The van der Waals surface area contributed by atoms with Gasteiger partial charge < -0.3 is 4.74 Å². The number of hydrogen-bond donors (Lipinski definition) is 0. The van der Waals surface area contributed by atoms with Crippen LogP contribution in [0.5, 0.6) is 5.75 Å². The Hall–Kier alpha value is -2.54. The lowest BCUT2D eigenvalue weighted by molar-refractivity contribution is 0.401. The zero-order chi connectivity index (χ0) is 16.1. The van der Waals surface area contributed by atoms with Gasteiger partial charge in [0.25, 0.3) is 0 Å². The minimum atomic E-state index is -0.324. The van der Waals surface area contributed by atoms with Crippen molar-refractivity contribution in [1.29, 1.82) is 0 Å². The van der Waals surface area contributed by atoms with Gasteiger partial charge in [-0.15, -0.1) is 0 Å². The van der Waals surface area contributed by atoms with Crippen LogP contribution in [0.15, 0.2) is 84.9 Å². The number of para-hydroxylation sites is 1. The van der Waals surface area contributed by atoms with E-state index in [9.17, 15) is 0 Å². The quantitative estimate of drug-likeness (QED) is 0.585. The van der Waals surface area contributed by atoms with Crippen molar-refractivity contribution in [3.8, 4) is 5.75 Å². The zero-order valence-electron chi connectivity index (χ0n) is 13.4. The fourth-order valence-corrected chi connectivity index (χ4v) is 3.34. The van der Waals surface area contributed by atoms with Gasteiger partial charge in [0.1, 0.15) is 5.75 Å². The average molecular weight is 301 g/mol. The molecule has 0 bridgehead atoms. The summed E-state index contributed by atoms with van der Waals surface area (Å²) in [6, 6.07) is 29.3. The maximum absolute atomic E-state index is 5.67. The molecule has 3 aromatic rings. The molecule has 0 aliphatic carbocycles. The first-order valence-electron chi connectivity index (χ1n) is 7.86. The molecule has 0 fully saturated rings. The van der Waals surface area contributed by atoms with E-state index in [1.807, 2.05) is 24.3 Å². The second-order valence-corrected chi connectivity index (χ2v) is 5.59. The largest absolute Gasteiger partial charge is 0.496 e. The van der Waals surface area contributed by atoms with Gasteiger partial charge in [-0.05, 0) is 23.6 Å². The predicted octanol–water partition coefficient (Wildman–Crippen LogP) is 5.25. The fraction of sp³-hybridized carbons (Fsp3) is 0.136. The summed E-state index contributed by atoms with van der Waals surface area (Å²) in [5.41, 5.74) is 3.28. The molecule has 0 saturated heterocycles. The number of ether oxygens (including phenoxy) is 1. The summed E-state index contributed by atoms with van der Waals surface area (Å²) in [5, 5.41) is 0. The molecule has 0 heterocycles. The molecular weight excluding hydrogens is 280 g/mol. The van der Waals surface area contributed by atoms with E-state index < -0.39 is 0 Å². The van der Waals surface area contributed by atoms with Gasteiger partial charge in [0.05, 0.1) is 7.11 Å². The predicted molar refractivity (Wildman–Crippen MR) is 95.7 cm³/mol. The molecule has 3 rings (SSSR count). The third-order valence-electron chi connectivity index (χ3n) is 4.47. The van der Waals surface area contributed by atoms with Crippen molar-refractivity contribution in [2.24, 2.45) is 0 Å². The van der Waals surface area contributed by atoms with Crippen LogP contribution in [0.2, 0.25) is 0 Å². The van der Waals surface area contributed by atoms with Crippen LogP contribution in [0, 0.1) is 6.92 Å². The van der Waals surface area contributed by atoms with Crippen LogP contribution >= 0.6 is 0 Å². The summed E-state index contributed by atoms with van der Waals surface area (Å²) in [4.78, 5) is 0. The molecule has 1 heteroatoms. The minimum Gasteiger partial charge on any atom is -0.496 e. The van der Waals surface area contributed by atoms with Crippen molar-refractivity contribution in [2.75, 3.05) is 7.11 Å². The highest BCUT2D eigenvalue weighted by Gasteiger charge is 2.36. The van der Waals surface area contributed by atoms with Crippen LogP contribution in [0.1, 0.15) is 23.1 Å². The normalized spacial score (nSPS) is 11.2. The highest BCUT2D eigenvalue weighted by molar-refractivity contribution is 5.55. The van der Waals surface area contributed by atoms with Crippen LogP contribution in [0.25, 0.3) is 0 Å². The van der Waals surface area contributed by atoms with E-state index in [4.69, 9.17) is 4.74 Å². The van der Waals surface area contributed by atoms with Gasteiger partial charge in [-0.2, -0.15) is 0 Å². The molecule has 1 nitrogen and oxygen atoms in total. The fourth-order valence-electron chi connectivity index (χ4n) is 3.34. The molecule has 0 unspecified atom stereocenters. The van der Waals surface area contributed by atoms with E-state index in [0.717, 1.165) is 11.3 Å². The Kier molecular flexibility index (Phi) is 4.47. The van der Waals surface area contributed by atoms with Gasteiger partial charge in [-0.3, -0.25) is 0 Å². The van der Waals surface area contributed by atoms with Crippen molar-refractivity contribution < 1.29 is 4.74 Å². The van der Waals surface area contributed by atoms with E-state index in [2.05, 4.69) is 67.6 Å². The first kappa shape index (κ1) is 15.4. The number of benzene rings is 3. The monoisotopic (exact) mass is 301 g/mol. The van der Waals surface area contributed by atoms with Gasteiger partial charge >= 0.3 is 0 Å². The summed E-state index contributed by atoms with van der Waals surface area (Å²) in [7, 11) is 1.72. The molecule has 0 atom stereocenters. The van der Waals surface area contributed by atoms with E-state index in [1.54, 1.807) is 7.11 Å². The molecular formula is C22H21O. The second kappa shape index (κ2) is 6.70. The Labute approximate surface area is 138 Å². The lowest BCUT2D eigenvalue weighted by atomic mass is 9.67. The van der Waals surface area contributed by atoms with Crippen molar-refractivity contribution in [1.82, 2.24) is 0 Å². The summed E-state index contributed by atoms with van der Waals surface area (Å²) < 4.78 is 5.67. The molecule has 1 radical (unpaired) electrons. The van der Waals surface area contributed by atoms with Gasteiger partial charge in [-0.25, -0.2) is 0 Å². The third kappa shape index (κ3) is 2.63. The van der Waals surface area contributed by atoms with E-state index in [1.165, 1.54) is 11.1 Å². The standard InChI is InChI=1S/C22H21O/c1-3-22(18-12-6-4-7-13-18,19-14-8-5-9-15-19)20-16-10-11-17-21(20)23-2/h4-17H,1,3H2,2H3. The van der Waals surface area contributed by atoms with Crippen LogP contribution in [-0.2, 0) is 5.41 Å². The first-order valence-corrected chi connectivity index (χ1v) is 7.86. The van der Waals surface area contributed by atoms with E-state index >= 15 is 0 Å². The van der Waals surface area contributed by atoms with Crippen molar-refractivity contribution in [3.63, 3.8) is 0 Å². The van der Waals surface area contributed by atoms with Crippen LogP contribution in [0.3, 0.4) is 0 Å². The molecule has 0 aromatic heterocycles. The third-order valence-corrected chi connectivity index (χ3v) is 4.47. The van der Waals surface area contributed by atoms with Crippen LogP contribution in [0.4, 0.5) is 0 Å². The molecule has 0 aliphatic heterocycles. The Bertz CT molecular complexity index is 708. The van der Waals surface area contributed by atoms with Crippen LogP contribution < -0.4 is 4.74 Å². The summed E-state index contributed by atoms with van der Waals surface area (Å²) in [5.74, 6) is 0.892. The molecule has 0 aliphatic rings. The Morgan fingerprint density at radius 3 is 1.70 bits per heavy atom. The topological polar surface area (TPSA) is 9.23 Å². The summed E-state index contributed by atoms with van der Waals surface area (Å²) in [6.07, 6.45) is 0.710. The number of hydrogen-bond acceptors (Lipinski definition) is 1. The van der Waals surface area contributed by atoms with Gasteiger partial charge in [0, 0.05) is 11.0 Å².